The van der Waals surface area contributed by atoms with Crippen LogP contribution in [0, 0.1) is 25.2 Å². The summed E-state index contributed by atoms with van der Waals surface area (Å²) >= 11 is 0. The molecular weight excluding hydrogens is 342 g/mol. The van der Waals surface area contributed by atoms with Gasteiger partial charge in [-0.3, -0.25) is 9.59 Å². The number of carbonyl (C=O) groups excluding carboxylic acids is 2. The highest BCUT2D eigenvalue weighted by atomic mass is 16.2. The lowest BCUT2D eigenvalue weighted by molar-refractivity contribution is -0.144. The average molecular weight is 374 g/mol. The van der Waals surface area contributed by atoms with Crippen molar-refractivity contribution >= 4 is 11.8 Å². The summed E-state index contributed by atoms with van der Waals surface area (Å²) in [6.45, 7) is 8.90. The molecule has 1 saturated carbocycles. The molecule has 1 aromatic rings. The predicted octanol–water partition coefficient (Wildman–Crippen LogP) is 1.92. The number of aryl methyl sites for hydroxylation is 2. The Bertz CT molecular complexity index is 731. The van der Waals surface area contributed by atoms with Crippen LogP contribution in [0.5, 0.6) is 0 Å². The Morgan fingerprint density at radius 1 is 1.22 bits per heavy atom. The van der Waals surface area contributed by atoms with Crippen molar-refractivity contribution < 1.29 is 9.59 Å². The Morgan fingerprint density at radius 3 is 2.52 bits per heavy atom. The molecule has 1 spiro atoms. The quantitative estimate of drug-likeness (QED) is 0.808. The van der Waals surface area contributed by atoms with Crippen molar-refractivity contribution in [3.05, 3.63) is 11.6 Å². The highest BCUT2D eigenvalue weighted by molar-refractivity contribution is 5.79. The third-order valence-electron chi connectivity index (χ3n) is 6.65. The van der Waals surface area contributed by atoms with Crippen LogP contribution in [0.3, 0.4) is 0 Å². The maximum absolute atomic E-state index is 12.9. The maximum atomic E-state index is 12.9. The molecule has 3 aliphatic rings. The van der Waals surface area contributed by atoms with Gasteiger partial charge in [0.05, 0.1) is 12.5 Å². The van der Waals surface area contributed by atoms with E-state index in [1.54, 1.807) is 0 Å². The molecule has 0 radical (unpaired) electrons. The number of rotatable bonds is 4. The summed E-state index contributed by atoms with van der Waals surface area (Å²) < 4.78 is 1.84. The van der Waals surface area contributed by atoms with Gasteiger partial charge in [0, 0.05) is 32.1 Å². The summed E-state index contributed by atoms with van der Waals surface area (Å²) in [6.07, 6.45) is 6.05. The molecule has 0 unspecified atom stereocenters. The molecule has 3 fully saturated rings. The minimum absolute atomic E-state index is 0.102. The van der Waals surface area contributed by atoms with E-state index in [-0.39, 0.29) is 17.2 Å². The van der Waals surface area contributed by atoms with Crippen molar-refractivity contribution in [2.24, 2.45) is 11.3 Å². The van der Waals surface area contributed by atoms with E-state index in [4.69, 9.17) is 0 Å². The van der Waals surface area contributed by atoms with E-state index in [1.807, 2.05) is 30.4 Å². The second-order valence-corrected chi connectivity index (χ2v) is 8.87. The molecule has 7 heteroatoms. The zero-order valence-corrected chi connectivity index (χ0v) is 16.8. The highest BCUT2D eigenvalue weighted by Crippen LogP contribution is 2.43. The van der Waals surface area contributed by atoms with Crippen molar-refractivity contribution in [1.82, 2.24) is 24.6 Å². The van der Waals surface area contributed by atoms with Crippen molar-refractivity contribution in [3.8, 4) is 0 Å². The van der Waals surface area contributed by atoms with E-state index in [9.17, 15) is 9.59 Å². The average Bonchev–Trinajstić information content (AvgIpc) is 3.43. The molecule has 0 bridgehead atoms. The molecular formula is C20H31N5O2. The van der Waals surface area contributed by atoms with Gasteiger partial charge in [-0.15, -0.1) is 0 Å². The van der Waals surface area contributed by atoms with Crippen LogP contribution in [0.25, 0.3) is 0 Å². The molecule has 2 aliphatic heterocycles. The summed E-state index contributed by atoms with van der Waals surface area (Å²) in [7, 11) is 0. The SMILES string of the molecule is Cc1nc(C)n(C[C@H](C)C(=O)N2CCC3(CCC(=O)N(C4CC4)C3)CC2)n1. The fourth-order valence-corrected chi connectivity index (χ4v) is 4.76. The van der Waals surface area contributed by atoms with Gasteiger partial charge in [0.15, 0.2) is 0 Å². The Kier molecular flexibility index (Phi) is 4.72. The number of hydrogen-bond donors (Lipinski definition) is 0. The topological polar surface area (TPSA) is 71.3 Å². The lowest BCUT2D eigenvalue weighted by Gasteiger charge is -2.48. The Morgan fingerprint density at radius 2 is 1.93 bits per heavy atom. The van der Waals surface area contributed by atoms with Crippen molar-refractivity contribution in [1.29, 1.82) is 0 Å². The Hall–Kier alpha value is -1.92. The minimum atomic E-state index is -0.102. The van der Waals surface area contributed by atoms with E-state index >= 15 is 0 Å². The lowest BCUT2D eigenvalue weighted by atomic mass is 9.72. The Labute approximate surface area is 161 Å². The molecule has 7 nitrogen and oxygen atoms in total. The van der Waals surface area contributed by atoms with Gasteiger partial charge in [0.25, 0.3) is 0 Å². The largest absolute Gasteiger partial charge is 0.342 e. The van der Waals surface area contributed by atoms with Gasteiger partial charge in [-0.05, 0) is 51.4 Å². The summed E-state index contributed by atoms with van der Waals surface area (Å²) in [5.41, 5.74) is 0.232. The minimum Gasteiger partial charge on any atom is -0.342 e. The van der Waals surface area contributed by atoms with Crippen LogP contribution in [0.2, 0.25) is 0 Å². The van der Waals surface area contributed by atoms with Crippen LogP contribution < -0.4 is 0 Å². The van der Waals surface area contributed by atoms with Crippen LogP contribution in [-0.2, 0) is 16.1 Å². The van der Waals surface area contributed by atoms with Crippen LogP contribution in [0.4, 0.5) is 0 Å². The zero-order chi connectivity index (χ0) is 19.2. The smallest absolute Gasteiger partial charge is 0.227 e. The van der Waals surface area contributed by atoms with Gasteiger partial charge in [-0.2, -0.15) is 5.10 Å². The number of piperidine rings is 2. The fourth-order valence-electron chi connectivity index (χ4n) is 4.76. The van der Waals surface area contributed by atoms with E-state index in [0.29, 0.717) is 24.9 Å². The second kappa shape index (κ2) is 6.91. The van der Waals surface area contributed by atoms with E-state index in [2.05, 4.69) is 15.0 Å². The van der Waals surface area contributed by atoms with Gasteiger partial charge in [0.2, 0.25) is 11.8 Å². The van der Waals surface area contributed by atoms with Gasteiger partial charge in [0.1, 0.15) is 11.6 Å². The maximum Gasteiger partial charge on any atom is 0.227 e. The number of carbonyl (C=O) groups is 2. The van der Waals surface area contributed by atoms with Crippen LogP contribution in [0.15, 0.2) is 0 Å². The van der Waals surface area contributed by atoms with Gasteiger partial charge >= 0.3 is 0 Å². The van der Waals surface area contributed by atoms with Crippen LogP contribution in [0.1, 0.15) is 57.1 Å². The van der Waals surface area contributed by atoms with Gasteiger partial charge < -0.3 is 9.80 Å². The molecule has 2 saturated heterocycles. The van der Waals surface area contributed by atoms with Gasteiger partial charge in [-0.25, -0.2) is 9.67 Å². The third-order valence-corrected chi connectivity index (χ3v) is 6.65. The lowest BCUT2D eigenvalue weighted by Crippen LogP contribution is -2.53. The molecule has 1 aliphatic carbocycles. The van der Waals surface area contributed by atoms with Crippen LogP contribution >= 0.6 is 0 Å². The summed E-state index contributed by atoms with van der Waals surface area (Å²) in [5.74, 6) is 2.06. The first-order valence-corrected chi connectivity index (χ1v) is 10.3. The highest BCUT2D eigenvalue weighted by Gasteiger charge is 2.45. The summed E-state index contributed by atoms with van der Waals surface area (Å²) in [6, 6.07) is 0.503. The summed E-state index contributed by atoms with van der Waals surface area (Å²) in [4.78, 5) is 33.6. The monoisotopic (exact) mass is 373 g/mol. The van der Waals surface area contributed by atoms with Crippen molar-refractivity contribution in [2.45, 2.75) is 71.9 Å². The first kappa shape index (κ1) is 18.4. The van der Waals surface area contributed by atoms with Crippen LogP contribution in [-0.4, -0.2) is 62.1 Å². The fraction of sp³-hybridized carbons (Fsp3) is 0.800. The predicted molar refractivity (Wildman–Crippen MR) is 101 cm³/mol. The number of amides is 2. The molecule has 3 heterocycles. The third kappa shape index (κ3) is 3.73. The summed E-state index contributed by atoms with van der Waals surface area (Å²) in [5, 5.41) is 4.38. The molecule has 1 aromatic heterocycles. The molecule has 1 atom stereocenters. The molecule has 4 rings (SSSR count). The standard InChI is InChI=1S/C20H31N5O2/c1-14(12-25-16(3)21-15(2)22-25)19(27)23-10-8-20(9-11-23)7-6-18(26)24(13-20)17-4-5-17/h14,17H,4-13H2,1-3H3/t14-/m0/s1. The van der Waals surface area contributed by atoms with Crippen molar-refractivity contribution in [2.75, 3.05) is 19.6 Å². The number of nitrogens with zero attached hydrogens (tertiary/aromatic N) is 5. The molecule has 0 N–H and O–H groups in total. The van der Waals surface area contributed by atoms with Gasteiger partial charge in [-0.1, -0.05) is 6.92 Å². The molecule has 148 valence electrons. The molecule has 27 heavy (non-hydrogen) atoms. The number of hydrogen-bond acceptors (Lipinski definition) is 4. The van der Waals surface area contributed by atoms with E-state index < -0.39 is 0 Å². The number of aromatic nitrogens is 3. The van der Waals surface area contributed by atoms with Crippen molar-refractivity contribution in [3.63, 3.8) is 0 Å². The Balaban J connectivity index is 1.33. The first-order chi connectivity index (χ1) is 12.9. The normalized spacial score (nSPS) is 23.7. The first-order valence-electron chi connectivity index (χ1n) is 10.3. The van der Waals surface area contributed by atoms with E-state index in [1.165, 1.54) is 12.8 Å². The number of likely N-dealkylation sites (tertiary alicyclic amines) is 2. The van der Waals surface area contributed by atoms with E-state index in [0.717, 1.165) is 50.5 Å². The zero-order valence-electron chi connectivity index (χ0n) is 16.8. The molecule has 0 aromatic carbocycles. The molecule has 2 amide bonds. The second-order valence-electron chi connectivity index (χ2n) is 8.87.